The van der Waals surface area contributed by atoms with Gasteiger partial charge in [0.2, 0.25) is 5.91 Å². The van der Waals surface area contributed by atoms with Gasteiger partial charge in [0.15, 0.2) is 5.11 Å². The number of ether oxygens (including phenoxy) is 1. The minimum atomic E-state index is -0.158. The first-order chi connectivity index (χ1) is 13.6. The van der Waals surface area contributed by atoms with Crippen molar-refractivity contribution in [1.82, 2.24) is 5.32 Å². The molecular weight excluding hydrogens is 368 g/mol. The highest BCUT2D eigenvalue weighted by molar-refractivity contribution is 7.80. The van der Waals surface area contributed by atoms with Crippen molar-refractivity contribution in [1.29, 1.82) is 0 Å². The number of carbonyl (C=O) groups is 1. The molecule has 0 spiro atoms. The van der Waals surface area contributed by atoms with Gasteiger partial charge in [-0.2, -0.15) is 0 Å². The van der Waals surface area contributed by atoms with Crippen LogP contribution in [0.5, 0.6) is 5.75 Å². The van der Waals surface area contributed by atoms with E-state index in [1.54, 1.807) is 0 Å². The Labute approximate surface area is 170 Å². The van der Waals surface area contributed by atoms with E-state index in [-0.39, 0.29) is 17.4 Å². The molecule has 0 aliphatic rings. The van der Waals surface area contributed by atoms with E-state index in [2.05, 4.69) is 10.6 Å². The first kappa shape index (κ1) is 19.6. The summed E-state index contributed by atoms with van der Waals surface area (Å²) >= 11 is 5.30. The number of aryl methyl sites for hydroxylation is 1. The fourth-order valence-corrected chi connectivity index (χ4v) is 2.96. The summed E-state index contributed by atoms with van der Waals surface area (Å²) in [6.07, 6.45) is 0.278. The number of anilines is 1. The Morgan fingerprint density at radius 1 is 0.929 bits per heavy atom. The summed E-state index contributed by atoms with van der Waals surface area (Å²) in [4.78, 5) is 12.3. The van der Waals surface area contributed by atoms with Gasteiger partial charge in [-0.15, -0.1) is 0 Å². The third-order valence-corrected chi connectivity index (χ3v) is 4.44. The molecular formula is C23H22N2O2S. The highest BCUT2D eigenvalue weighted by atomic mass is 32.1. The van der Waals surface area contributed by atoms with Gasteiger partial charge in [0.05, 0.1) is 12.1 Å². The second-order valence-corrected chi connectivity index (χ2v) is 6.78. The molecule has 0 heterocycles. The van der Waals surface area contributed by atoms with Crippen LogP contribution >= 0.6 is 12.2 Å². The number of carbonyl (C=O) groups excluding carboxylic acids is 1. The van der Waals surface area contributed by atoms with Crippen molar-refractivity contribution in [3.05, 3.63) is 95.6 Å². The maximum absolute atomic E-state index is 12.3. The molecule has 3 rings (SSSR count). The average Bonchev–Trinajstić information content (AvgIpc) is 2.70. The summed E-state index contributed by atoms with van der Waals surface area (Å²) in [7, 11) is 0. The zero-order valence-corrected chi connectivity index (χ0v) is 16.5. The van der Waals surface area contributed by atoms with Gasteiger partial charge in [-0.1, -0.05) is 66.7 Å². The van der Waals surface area contributed by atoms with Gasteiger partial charge < -0.3 is 15.4 Å². The molecule has 3 aromatic carbocycles. The number of para-hydroxylation sites is 2. The fraction of sp³-hybridized carbons (Fsp3) is 0.130. The van der Waals surface area contributed by atoms with Gasteiger partial charge >= 0.3 is 0 Å². The largest absolute Gasteiger partial charge is 0.487 e. The minimum absolute atomic E-state index is 0.158. The zero-order chi connectivity index (χ0) is 19.8. The summed E-state index contributed by atoms with van der Waals surface area (Å²) in [6, 6.07) is 25.2. The van der Waals surface area contributed by atoms with Crippen LogP contribution in [-0.4, -0.2) is 11.0 Å². The van der Waals surface area contributed by atoms with E-state index in [1.165, 1.54) is 0 Å². The Kier molecular flexibility index (Phi) is 6.76. The maximum Gasteiger partial charge on any atom is 0.230 e. The normalized spacial score (nSPS) is 10.2. The fourth-order valence-electron chi connectivity index (χ4n) is 2.74. The number of thiocarbonyl (C=S) groups is 1. The number of hydrogen-bond acceptors (Lipinski definition) is 3. The highest BCUT2D eigenvalue weighted by Crippen LogP contribution is 2.24. The molecule has 0 bridgehead atoms. The molecule has 1 amide bonds. The topological polar surface area (TPSA) is 50.4 Å². The molecule has 5 heteroatoms. The Morgan fingerprint density at radius 3 is 2.39 bits per heavy atom. The summed E-state index contributed by atoms with van der Waals surface area (Å²) in [5.41, 5.74) is 3.84. The molecule has 0 aliphatic carbocycles. The van der Waals surface area contributed by atoms with Gasteiger partial charge in [-0.25, -0.2) is 0 Å². The molecule has 0 atom stereocenters. The van der Waals surface area contributed by atoms with E-state index in [1.807, 2.05) is 85.8 Å². The molecule has 28 heavy (non-hydrogen) atoms. The molecule has 0 saturated carbocycles. The van der Waals surface area contributed by atoms with Crippen molar-refractivity contribution in [2.75, 3.05) is 5.32 Å². The van der Waals surface area contributed by atoms with Gasteiger partial charge in [-0.3, -0.25) is 4.79 Å². The zero-order valence-electron chi connectivity index (χ0n) is 15.6. The lowest BCUT2D eigenvalue weighted by Crippen LogP contribution is -2.35. The molecule has 0 fully saturated rings. The first-order valence-corrected chi connectivity index (χ1v) is 9.44. The summed E-state index contributed by atoms with van der Waals surface area (Å²) in [5, 5.41) is 6.03. The quantitative estimate of drug-likeness (QED) is 0.603. The summed E-state index contributed by atoms with van der Waals surface area (Å²) in [5.74, 6) is 0.511. The van der Waals surface area contributed by atoms with Gasteiger partial charge in [0.1, 0.15) is 12.4 Å². The summed E-state index contributed by atoms with van der Waals surface area (Å²) < 4.78 is 5.91. The van der Waals surface area contributed by atoms with Crippen molar-refractivity contribution in [3.8, 4) is 5.75 Å². The number of amides is 1. The van der Waals surface area contributed by atoms with Crippen molar-refractivity contribution in [2.45, 2.75) is 20.0 Å². The average molecular weight is 391 g/mol. The maximum atomic E-state index is 12.3. The van der Waals surface area contributed by atoms with E-state index in [0.717, 1.165) is 16.7 Å². The summed E-state index contributed by atoms with van der Waals surface area (Å²) in [6.45, 7) is 2.44. The van der Waals surface area contributed by atoms with Crippen LogP contribution in [0.25, 0.3) is 0 Å². The van der Waals surface area contributed by atoms with Crippen LogP contribution in [0.2, 0.25) is 0 Å². The van der Waals surface area contributed by atoms with E-state index in [4.69, 9.17) is 17.0 Å². The van der Waals surface area contributed by atoms with Gasteiger partial charge in [0, 0.05) is 0 Å². The molecule has 4 nitrogen and oxygen atoms in total. The second-order valence-electron chi connectivity index (χ2n) is 6.38. The Bertz CT molecular complexity index is 958. The van der Waals surface area contributed by atoms with E-state index >= 15 is 0 Å². The standard InChI is InChI=1S/C23H22N2O2S/c1-17-9-5-6-12-19(17)15-22(26)25-23(28)24-20-13-7-8-14-21(20)27-16-18-10-3-2-4-11-18/h2-14H,15-16H2,1H3,(H2,24,25,26,28). The van der Waals surface area contributed by atoms with Crippen LogP contribution in [0.3, 0.4) is 0 Å². The van der Waals surface area contributed by atoms with Crippen LogP contribution in [0.4, 0.5) is 5.69 Å². The molecule has 142 valence electrons. The van der Waals surface area contributed by atoms with Crippen molar-refractivity contribution < 1.29 is 9.53 Å². The Balaban J connectivity index is 1.58. The monoisotopic (exact) mass is 390 g/mol. The predicted octanol–water partition coefficient (Wildman–Crippen LogP) is 4.63. The lowest BCUT2D eigenvalue weighted by Gasteiger charge is -2.14. The minimum Gasteiger partial charge on any atom is -0.487 e. The Hall–Kier alpha value is -3.18. The smallest absolute Gasteiger partial charge is 0.230 e. The van der Waals surface area contributed by atoms with Crippen LogP contribution < -0.4 is 15.4 Å². The third-order valence-electron chi connectivity index (χ3n) is 4.24. The van der Waals surface area contributed by atoms with E-state index < -0.39 is 0 Å². The van der Waals surface area contributed by atoms with Crippen LogP contribution in [0, 0.1) is 6.92 Å². The first-order valence-electron chi connectivity index (χ1n) is 9.03. The highest BCUT2D eigenvalue weighted by Gasteiger charge is 2.10. The number of benzene rings is 3. The van der Waals surface area contributed by atoms with E-state index in [9.17, 15) is 4.79 Å². The van der Waals surface area contributed by atoms with Crippen LogP contribution in [0.15, 0.2) is 78.9 Å². The number of nitrogens with one attached hydrogen (secondary N) is 2. The predicted molar refractivity (Wildman–Crippen MR) is 116 cm³/mol. The molecule has 0 radical (unpaired) electrons. The Morgan fingerprint density at radius 2 is 1.61 bits per heavy atom. The number of rotatable bonds is 6. The molecule has 2 N–H and O–H groups in total. The SMILES string of the molecule is Cc1ccccc1CC(=O)NC(=S)Nc1ccccc1OCc1ccccc1. The lowest BCUT2D eigenvalue weighted by molar-refractivity contribution is -0.119. The lowest BCUT2D eigenvalue weighted by atomic mass is 10.1. The van der Waals surface area contributed by atoms with Crippen LogP contribution in [-0.2, 0) is 17.8 Å². The molecule has 0 aliphatic heterocycles. The van der Waals surface area contributed by atoms with Crippen molar-refractivity contribution >= 4 is 28.9 Å². The molecule has 0 aromatic heterocycles. The van der Waals surface area contributed by atoms with Crippen LogP contribution in [0.1, 0.15) is 16.7 Å². The second kappa shape index (κ2) is 9.67. The molecule has 0 unspecified atom stereocenters. The molecule has 3 aromatic rings. The van der Waals surface area contributed by atoms with Gasteiger partial charge in [0.25, 0.3) is 0 Å². The molecule has 0 saturated heterocycles. The third kappa shape index (κ3) is 5.66. The van der Waals surface area contributed by atoms with Gasteiger partial charge in [-0.05, 0) is 48.0 Å². The van der Waals surface area contributed by atoms with E-state index in [0.29, 0.717) is 18.0 Å². The van der Waals surface area contributed by atoms with Crippen molar-refractivity contribution in [3.63, 3.8) is 0 Å². The van der Waals surface area contributed by atoms with Crippen molar-refractivity contribution in [2.24, 2.45) is 0 Å². The number of hydrogen-bond donors (Lipinski definition) is 2.